The largest absolute Gasteiger partial charge is 0.356 e. The number of halogens is 1. The van der Waals surface area contributed by atoms with Crippen molar-refractivity contribution in [1.29, 1.82) is 0 Å². The van der Waals surface area contributed by atoms with Gasteiger partial charge < -0.3 is 10.2 Å². The van der Waals surface area contributed by atoms with Crippen molar-refractivity contribution >= 4 is 23.3 Å². The molecule has 0 aromatic heterocycles. The maximum Gasteiger partial charge on any atom is 0.220 e. The van der Waals surface area contributed by atoms with Gasteiger partial charge in [0.05, 0.1) is 0 Å². The minimum atomic E-state index is -0.0648. The quantitative estimate of drug-likeness (QED) is 0.464. The molecule has 3 rings (SSSR count). The van der Waals surface area contributed by atoms with Gasteiger partial charge in [0.2, 0.25) is 5.91 Å². The first kappa shape index (κ1) is 22.5. The highest BCUT2D eigenvalue weighted by molar-refractivity contribution is 6.30. The number of carbonyl (C=O) groups excluding carboxylic acids is 2. The molecule has 0 radical (unpaired) electrons. The van der Waals surface area contributed by atoms with E-state index < -0.39 is 0 Å². The van der Waals surface area contributed by atoms with Gasteiger partial charge in [0, 0.05) is 62.7 Å². The summed E-state index contributed by atoms with van der Waals surface area (Å²) in [5.74, 6) is -0.0971. The maximum atomic E-state index is 12.1. The molecule has 1 amide bonds. The molecule has 0 saturated carbocycles. The summed E-state index contributed by atoms with van der Waals surface area (Å²) < 4.78 is 0. The van der Waals surface area contributed by atoms with Gasteiger partial charge in [-0.1, -0.05) is 41.9 Å². The van der Waals surface area contributed by atoms with Crippen LogP contribution in [0.15, 0.2) is 54.6 Å². The van der Waals surface area contributed by atoms with Crippen LogP contribution in [-0.4, -0.2) is 60.8 Å². The molecule has 0 aliphatic carbocycles. The average Bonchev–Trinajstić information content (AvgIpc) is 2.77. The zero-order valence-corrected chi connectivity index (χ0v) is 18.1. The third-order valence-corrected chi connectivity index (χ3v) is 5.68. The van der Waals surface area contributed by atoms with Crippen molar-refractivity contribution in [3.8, 4) is 0 Å². The van der Waals surface area contributed by atoms with E-state index in [1.54, 1.807) is 24.3 Å². The van der Waals surface area contributed by atoms with Crippen molar-refractivity contribution in [3.63, 3.8) is 0 Å². The number of rotatable bonds is 10. The average molecular weight is 428 g/mol. The summed E-state index contributed by atoms with van der Waals surface area (Å²) in [6, 6.07) is 17.4. The third-order valence-electron chi connectivity index (χ3n) is 5.43. The van der Waals surface area contributed by atoms with Crippen LogP contribution in [0.2, 0.25) is 5.02 Å². The van der Waals surface area contributed by atoms with Gasteiger partial charge in [0.15, 0.2) is 5.78 Å². The predicted octanol–water partition coefficient (Wildman–Crippen LogP) is 3.63. The zero-order valence-electron chi connectivity index (χ0n) is 17.4. The fraction of sp³-hybridized carbons (Fsp3) is 0.417. The van der Waals surface area contributed by atoms with Crippen molar-refractivity contribution in [3.05, 3.63) is 70.7 Å². The van der Waals surface area contributed by atoms with Gasteiger partial charge in [-0.2, -0.15) is 0 Å². The van der Waals surface area contributed by atoms with Crippen LogP contribution in [-0.2, 0) is 11.3 Å². The lowest BCUT2D eigenvalue weighted by molar-refractivity contribution is -0.121. The first-order valence-electron chi connectivity index (χ1n) is 10.6. The lowest BCUT2D eigenvalue weighted by atomic mass is 10.1. The molecule has 1 aliphatic rings. The van der Waals surface area contributed by atoms with E-state index in [1.165, 1.54) is 5.56 Å². The van der Waals surface area contributed by atoms with Crippen LogP contribution in [0.5, 0.6) is 0 Å². The SMILES string of the molecule is O=C(CCC(=O)c1ccc(Cl)cc1)NCCCN1CCN(Cc2ccccc2)CC1. The van der Waals surface area contributed by atoms with E-state index in [-0.39, 0.29) is 24.5 Å². The molecule has 0 bridgehead atoms. The molecular formula is C24H30ClN3O2. The second kappa shape index (κ2) is 11.8. The van der Waals surface area contributed by atoms with E-state index in [1.807, 2.05) is 0 Å². The van der Waals surface area contributed by atoms with Gasteiger partial charge in [-0.05, 0) is 42.8 Å². The maximum absolute atomic E-state index is 12.1. The van der Waals surface area contributed by atoms with E-state index >= 15 is 0 Å². The Hall–Kier alpha value is -2.21. The lowest BCUT2D eigenvalue weighted by Crippen LogP contribution is -2.46. The van der Waals surface area contributed by atoms with E-state index in [4.69, 9.17) is 11.6 Å². The molecule has 1 fully saturated rings. The monoisotopic (exact) mass is 427 g/mol. The highest BCUT2D eigenvalue weighted by Crippen LogP contribution is 2.12. The second-order valence-electron chi connectivity index (χ2n) is 7.74. The Morgan fingerprint density at radius 2 is 1.53 bits per heavy atom. The Morgan fingerprint density at radius 3 is 2.23 bits per heavy atom. The summed E-state index contributed by atoms with van der Waals surface area (Å²) in [4.78, 5) is 29.0. The minimum Gasteiger partial charge on any atom is -0.356 e. The first-order chi connectivity index (χ1) is 14.6. The Balaban J connectivity index is 1.24. The molecule has 2 aromatic carbocycles. The van der Waals surface area contributed by atoms with Gasteiger partial charge in [-0.3, -0.25) is 14.5 Å². The molecule has 0 unspecified atom stereocenters. The molecule has 2 aromatic rings. The molecule has 0 atom stereocenters. The molecule has 1 heterocycles. The van der Waals surface area contributed by atoms with Crippen LogP contribution in [0.1, 0.15) is 35.2 Å². The third kappa shape index (κ3) is 7.56. The van der Waals surface area contributed by atoms with Crippen LogP contribution in [0.3, 0.4) is 0 Å². The molecular weight excluding hydrogens is 398 g/mol. The molecule has 1 saturated heterocycles. The summed E-state index contributed by atoms with van der Waals surface area (Å²) in [5.41, 5.74) is 1.96. The second-order valence-corrected chi connectivity index (χ2v) is 8.17. The molecule has 1 aliphatic heterocycles. The van der Waals surface area contributed by atoms with Crippen molar-refractivity contribution in [2.45, 2.75) is 25.8 Å². The molecule has 6 heteroatoms. The number of hydrogen-bond acceptors (Lipinski definition) is 4. The molecule has 0 spiro atoms. The summed E-state index contributed by atoms with van der Waals surface area (Å²) >= 11 is 5.83. The van der Waals surface area contributed by atoms with Crippen LogP contribution >= 0.6 is 11.6 Å². The standard InChI is InChI=1S/C24H30ClN3O2/c25-22-9-7-21(8-10-22)23(29)11-12-24(30)26-13-4-14-27-15-17-28(18-16-27)19-20-5-2-1-3-6-20/h1-3,5-10H,4,11-19H2,(H,26,30). The summed E-state index contributed by atoms with van der Waals surface area (Å²) in [5, 5.41) is 3.53. The van der Waals surface area contributed by atoms with Gasteiger partial charge in [-0.25, -0.2) is 0 Å². The van der Waals surface area contributed by atoms with Crippen molar-refractivity contribution in [2.75, 3.05) is 39.3 Å². The predicted molar refractivity (Wildman–Crippen MR) is 121 cm³/mol. The fourth-order valence-corrected chi connectivity index (χ4v) is 3.76. The lowest BCUT2D eigenvalue weighted by Gasteiger charge is -2.34. The Bertz CT molecular complexity index is 803. The van der Waals surface area contributed by atoms with E-state index in [9.17, 15) is 9.59 Å². The first-order valence-corrected chi connectivity index (χ1v) is 11.0. The number of carbonyl (C=O) groups is 2. The number of hydrogen-bond donors (Lipinski definition) is 1. The van der Waals surface area contributed by atoms with Gasteiger partial charge >= 0.3 is 0 Å². The van der Waals surface area contributed by atoms with Gasteiger partial charge in [0.1, 0.15) is 0 Å². The number of nitrogens with zero attached hydrogens (tertiary/aromatic N) is 2. The van der Waals surface area contributed by atoms with Crippen molar-refractivity contribution < 1.29 is 9.59 Å². The van der Waals surface area contributed by atoms with E-state index in [2.05, 4.69) is 45.4 Å². The van der Waals surface area contributed by atoms with E-state index in [0.717, 1.165) is 45.7 Å². The zero-order chi connectivity index (χ0) is 21.2. The number of amides is 1. The Morgan fingerprint density at radius 1 is 0.867 bits per heavy atom. The van der Waals surface area contributed by atoms with Crippen LogP contribution in [0.25, 0.3) is 0 Å². The Labute approximate surface area is 184 Å². The minimum absolute atomic E-state index is 0.0322. The highest BCUT2D eigenvalue weighted by Gasteiger charge is 2.16. The van der Waals surface area contributed by atoms with E-state index in [0.29, 0.717) is 17.1 Å². The summed E-state index contributed by atoms with van der Waals surface area (Å²) in [7, 11) is 0. The van der Waals surface area contributed by atoms with Gasteiger partial charge in [0.25, 0.3) is 0 Å². The van der Waals surface area contributed by atoms with Crippen LogP contribution in [0, 0.1) is 0 Å². The molecule has 160 valence electrons. The van der Waals surface area contributed by atoms with Gasteiger partial charge in [-0.15, -0.1) is 0 Å². The normalized spacial score (nSPS) is 15.1. The van der Waals surface area contributed by atoms with Crippen LogP contribution < -0.4 is 5.32 Å². The number of benzene rings is 2. The molecule has 1 N–H and O–H groups in total. The number of Topliss-reactive ketones (excluding diaryl/α,β-unsaturated/α-hetero) is 1. The summed E-state index contributed by atoms with van der Waals surface area (Å²) in [6.07, 6.45) is 1.37. The topological polar surface area (TPSA) is 52.7 Å². The van der Waals surface area contributed by atoms with Crippen molar-refractivity contribution in [1.82, 2.24) is 15.1 Å². The smallest absolute Gasteiger partial charge is 0.220 e. The van der Waals surface area contributed by atoms with Crippen LogP contribution in [0.4, 0.5) is 0 Å². The number of piperazine rings is 1. The Kier molecular flexibility index (Phi) is 8.87. The summed E-state index contributed by atoms with van der Waals surface area (Å²) in [6.45, 7) is 6.94. The fourth-order valence-electron chi connectivity index (χ4n) is 3.64. The molecule has 30 heavy (non-hydrogen) atoms. The molecule has 5 nitrogen and oxygen atoms in total. The number of nitrogens with one attached hydrogen (secondary N) is 1. The van der Waals surface area contributed by atoms with Crippen molar-refractivity contribution in [2.24, 2.45) is 0 Å². The highest BCUT2D eigenvalue weighted by atomic mass is 35.5. The number of ketones is 1.